The van der Waals surface area contributed by atoms with Crippen LogP contribution in [0.1, 0.15) is 23.9 Å². The number of benzene rings is 2. The highest BCUT2D eigenvalue weighted by Gasteiger charge is 2.40. The van der Waals surface area contributed by atoms with Gasteiger partial charge in [0, 0.05) is 24.8 Å². The number of aromatic nitrogens is 1. The third-order valence-corrected chi connectivity index (χ3v) is 5.55. The first-order valence-corrected chi connectivity index (χ1v) is 10.7. The number of carboxylic acids is 1. The van der Waals surface area contributed by atoms with E-state index in [1.165, 1.54) is 6.92 Å². The van der Waals surface area contributed by atoms with Crippen molar-refractivity contribution in [3.63, 3.8) is 0 Å². The van der Waals surface area contributed by atoms with E-state index in [0.29, 0.717) is 32.1 Å². The van der Waals surface area contributed by atoms with Crippen LogP contribution in [-0.4, -0.2) is 41.7 Å². The molecule has 3 aromatic rings. The van der Waals surface area contributed by atoms with E-state index in [-0.39, 0.29) is 5.92 Å². The van der Waals surface area contributed by atoms with E-state index in [1.54, 1.807) is 0 Å². The summed E-state index contributed by atoms with van der Waals surface area (Å²) in [7, 11) is 0. The molecule has 32 heavy (non-hydrogen) atoms. The van der Waals surface area contributed by atoms with E-state index in [4.69, 9.17) is 23.7 Å². The number of rotatable bonds is 8. The molecule has 1 saturated heterocycles. The maximum atomic E-state index is 11.2. The molecule has 1 fully saturated rings. The van der Waals surface area contributed by atoms with E-state index >= 15 is 0 Å². The molecule has 7 heteroatoms. The largest absolute Gasteiger partial charge is 0.493 e. The first-order valence-electron chi connectivity index (χ1n) is 10.7. The summed E-state index contributed by atoms with van der Waals surface area (Å²) in [4.78, 5) is 15.8. The minimum atomic E-state index is -1.54. The van der Waals surface area contributed by atoms with Gasteiger partial charge in [-0.25, -0.2) is 9.78 Å². The molecule has 0 aliphatic carbocycles. The lowest BCUT2D eigenvalue weighted by Gasteiger charge is -2.34. The van der Waals surface area contributed by atoms with Gasteiger partial charge in [0.1, 0.15) is 11.5 Å². The van der Waals surface area contributed by atoms with E-state index < -0.39 is 11.8 Å². The molecule has 0 unspecified atom stereocenters. The Morgan fingerprint density at radius 2 is 1.81 bits per heavy atom. The molecule has 0 spiro atoms. The maximum Gasteiger partial charge on any atom is 0.364 e. The Labute approximate surface area is 186 Å². The lowest BCUT2D eigenvalue weighted by atomic mass is 9.99. The van der Waals surface area contributed by atoms with Crippen LogP contribution >= 0.6 is 0 Å². The Hall–Kier alpha value is -3.16. The lowest BCUT2D eigenvalue weighted by Crippen LogP contribution is -2.48. The van der Waals surface area contributed by atoms with Gasteiger partial charge in [-0.1, -0.05) is 30.3 Å². The molecule has 0 bridgehead atoms. The summed E-state index contributed by atoms with van der Waals surface area (Å²) in [6, 6.07) is 17.7. The average molecular weight is 437 g/mol. The Morgan fingerprint density at radius 1 is 1.12 bits per heavy atom. The topological polar surface area (TPSA) is 91.0 Å². The quantitative estimate of drug-likeness (QED) is 0.562. The maximum absolute atomic E-state index is 11.2. The first-order chi connectivity index (χ1) is 15.4. The van der Waals surface area contributed by atoms with Gasteiger partial charge < -0.3 is 23.7 Å². The molecular weight excluding hydrogens is 410 g/mol. The minimum Gasteiger partial charge on any atom is -0.493 e. The molecule has 7 nitrogen and oxygen atoms in total. The van der Waals surface area contributed by atoms with Crippen LogP contribution in [0.15, 0.2) is 59.0 Å². The van der Waals surface area contributed by atoms with Gasteiger partial charge in [0.2, 0.25) is 5.89 Å². The van der Waals surface area contributed by atoms with Gasteiger partial charge in [0.15, 0.2) is 0 Å². The van der Waals surface area contributed by atoms with Crippen molar-refractivity contribution in [3.05, 3.63) is 71.6 Å². The summed E-state index contributed by atoms with van der Waals surface area (Å²) in [5, 5.41) is 9.14. The van der Waals surface area contributed by atoms with Crippen LogP contribution < -0.4 is 4.74 Å². The summed E-state index contributed by atoms with van der Waals surface area (Å²) in [6.45, 7) is 4.55. The lowest BCUT2D eigenvalue weighted by molar-refractivity contribution is -0.270. The van der Waals surface area contributed by atoms with Crippen LogP contribution in [0.25, 0.3) is 11.5 Å². The number of oxazole rings is 1. The summed E-state index contributed by atoms with van der Waals surface area (Å²) < 4.78 is 22.5. The molecule has 0 atom stereocenters. The predicted octanol–water partition coefficient (Wildman–Crippen LogP) is 4.28. The van der Waals surface area contributed by atoms with Crippen LogP contribution in [0.5, 0.6) is 5.75 Å². The molecule has 1 aromatic heterocycles. The van der Waals surface area contributed by atoms with Crippen molar-refractivity contribution in [2.75, 3.05) is 19.8 Å². The van der Waals surface area contributed by atoms with Gasteiger partial charge in [-0.05, 0) is 43.2 Å². The number of aryl methyl sites for hydroxylation is 1. The van der Waals surface area contributed by atoms with Crippen molar-refractivity contribution < 1.29 is 28.5 Å². The Balaban J connectivity index is 1.25. The van der Waals surface area contributed by atoms with Crippen molar-refractivity contribution in [1.29, 1.82) is 0 Å². The van der Waals surface area contributed by atoms with Gasteiger partial charge in [0.05, 0.1) is 25.5 Å². The van der Waals surface area contributed by atoms with Gasteiger partial charge in [-0.2, -0.15) is 0 Å². The number of aliphatic carboxylic acids is 1. The molecule has 2 heterocycles. The Kier molecular flexibility index (Phi) is 6.58. The second-order valence-corrected chi connectivity index (χ2v) is 8.07. The summed E-state index contributed by atoms with van der Waals surface area (Å²) >= 11 is 0. The Morgan fingerprint density at radius 3 is 2.47 bits per heavy atom. The number of ether oxygens (including phenoxy) is 3. The van der Waals surface area contributed by atoms with E-state index in [9.17, 15) is 4.79 Å². The highest BCUT2D eigenvalue weighted by molar-refractivity contribution is 5.75. The summed E-state index contributed by atoms with van der Waals surface area (Å²) in [5.41, 5.74) is 2.97. The van der Waals surface area contributed by atoms with Crippen LogP contribution in [0.4, 0.5) is 0 Å². The third kappa shape index (κ3) is 5.18. The molecule has 4 rings (SSSR count). The number of carbonyl (C=O) groups is 1. The monoisotopic (exact) mass is 437 g/mol. The average Bonchev–Trinajstić information content (AvgIpc) is 3.17. The van der Waals surface area contributed by atoms with Crippen molar-refractivity contribution in [2.45, 2.75) is 32.5 Å². The normalized spacial score (nSPS) is 20.8. The molecule has 0 radical (unpaired) electrons. The molecule has 168 valence electrons. The number of carboxylic acid groups (broad SMARTS) is 1. The fourth-order valence-corrected chi connectivity index (χ4v) is 3.57. The first kappa shape index (κ1) is 22.0. The minimum absolute atomic E-state index is 0.114. The Bertz CT molecular complexity index is 1040. The highest BCUT2D eigenvalue weighted by Crippen LogP contribution is 2.25. The van der Waals surface area contributed by atoms with E-state index in [1.807, 2.05) is 61.5 Å². The zero-order valence-electron chi connectivity index (χ0n) is 18.2. The second-order valence-electron chi connectivity index (χ2n) is 8.07. The van der Waals surface area contributed by atoms with Crippen LogP contribution in [-0.2, 0) is 27.1 Å². The molecule has 0 amide bonds. The van der Waals surface area contributed by atoms with Crippen LogP contribution in [0, 0.1) is 12.8 Å². The number of hydrogen-bond acceptors (Lipinski definition) is 6. The molecular formula is C25H27NO6. The van der Waals surface area contributed by atoms with Crippen molar-refractivity contribution >= 4 is 5.97 Å². The van der Waals surface area contributed by atoms with E-state index in [2.05, 4.69) is 4.98 Å². The summed E-state index contributed by atoms with van der Waals surface area (Å²) in [5.74, 6) is -0.316. The molecule has 0 saturated carbocycles. The molecule has 1 aliphatic rings. The number of hydrogen-bond donors (Lipinski definition) is 1. The fourth-order valence-electron chi connectivity index (χ4n) is 3.57. The van der Waals surface area contributed by atoms with Gasteiger partial charge in [-0.15, -0.1) is 0 Å². The smallest absolute Gasteiger partial charge is 0.364 e. The van der Waals surface area contributed by atoms with Crippen molar-refractivity contribution in [2.24, 2.45) is 5.92 Å². The van der Waals surface area contributed by atoms with Crippen molar-refractivity contribution in [1.82, 2.24) is 4.98 Å². The number of nitrogens with zero attached hydrogens (tertiary/aromatic N) is 1. The second kappa shape index (κ2) is 9.54. The predicted molar refractivity (Wildman–Crippen MR) is 117 cm³/mol. The highest BCUT2D eigenvalue weighted by atomic mass is 16.7. The molecule has 1 N–H and O–H groups in total. The van der Waals surface area contributed by atoms with Crippen molar-refractivity contribution in [3.8, 4) is 17.2 Å². The summed E-state index contributed by atoms with van der Waals surface area (Å²) in [6.07, 6.45) is 1.40. The third-order valence-electron chi connectivity index (χ3n) is 5.55. The SMILES string of the molecule is Cc1oc(-c2ccccc2)nc1CCOc1ccc(C[C@H]2CO[C@](C)(C(=O)O)OC2)cc1. The van der Waals surface area contributed by atoms with Gasteiger partial charge in [0.25, 0.3) is 5.79 Å². The van der Waals surface area contributed by atoms with E-state index in [0.717, 1.165) is 34.8 Å². The zero-order valence-corrected chi connectivity index (χ0v) is 18.2. The molecule has 1 aliphatic heterocycles. The standard InChI is InChI=1S/C25H27NO6/c1-17-22(26-23(32-17)20-6-4-3-5-7-20)12-13-29-21-10-8-18(9-11-21)14-19-15-30-25(2,24(27)28)31-16-19/h3-11,19H,12-16H2,1-2H3,(H,27,28)/t19-,25-. The van der Waals surface area contributed by atoms with Gasteiger partial charge in [-0.3, -0.25) is 0 Å². The van der Waals surface area contributed by atoms with Crippen LogP contribution in [0.3, 0.4) is 0 Å². The van der Waals surface area contributed by atoms with Gasteiger partial charge >= 0.3 is 5.97 Å². The van der Waals surface area contributed by atoms with Crippen LogP contribution in [0.2, 0.25) is 0 Å². The zero-order chi connectivity index (χ0) is 22.6. The fraction of sp³-hybridized carbons (Fsp3) is 0.360. The molecule has 2 aromatic carbocycles.